The summed E-state index contributed by atoms with van der Waals surface area (Å²) in [5, 5.41) is 6.95. The van der Waals surface area contributed by atoms with Gasteiger partial charge in [-0.1, -0.05) is 13.8 Å². The third kappa shape index (κ3) is 2.89. The van der Waals surface area contributed by atoms with Gasteiger partial charge < -0.3 is 9.47 Å². The molecule has 0 aliphatic carbocycles. The summed E-state index contributed by atoms with van der Waals surface area (Å²) in [5.74, 6) is 0.958. The van der Waals surface area contributed by atoms with Crippen LogP contribution in [-0.2, 0) is 0 Å². The molecule has 0 aliphatic heterocycles. The summed E-state index contributed by atoms with van der Waals surface area (Å²) in [6, 6.07) is 0.371. The standard InChI is InChI=1S/C10H20N4S/c1-5-13(6-2)7-8(3)14-9(4)11-12-10(14)15/h8H,5-7H2,1-4H3,(H,12,15). The molecule has 1 atom stereocenters. The fourth-order valence-corrected chi connectivity index (χ4v) is 2.20. The van der Waals surface area contributed by atoms with Crippen molar-refractivity contribution in [3.8, 4) is 0 Å². The van der Waals surface area contributed by atoms with Crippen molar-refractivity contribution in [1.29, 1.82) is 0 Å². The topological polar surface area (TPSA) is 36.9 Å². The molecule has 1 unspecified atom stereocenters. The molecule has 1 rings (SSSR count). The Labute approximate surface area is 96.3 Å². The lowest BCUT2D eigenvalue weighted by atomic mass is 10.3. The third-order valence-corrected chi connectivity index (χ3v) is 3.03. The zero-order valence-corrected chi connectivity index (χ0v) is 10.8. The number of hydrogen-bond donors (Lipinski definition) is 1. The van der Waals surface area contributed by atoms with Crippen molar-refractivity contribution in [2.45, 2.75) is 33.7 Å². The number of aromatic amines is 1. The highest BCUT2D eigenvalue weighted by Gasteiger charge is 2.12. The van der Waals surface area contributed by atoms with Gasteiger partial charge in [-0.15, -0.1) is 0 Å². The molecule has 0 aromatic carbocycles. The van der Waals surface area contributed by atoms with E-state index in [9.17, 15) is 0 Å². The van der Waals surface area contributed by atoms with E-state index < -0.39 is 0 Å². The summed E-state index contributed by atoms with van der Waals surface area (Å²) < 4.78 is 2.79. The van der Waals surface area contributed by atoms with Crippen LogP contribution in [-0.4, -0.2) is 39.3 Å². The fraction of sp³-hybridized carbons (Fsp3) is 0.800. The molecule has 4 nitrogen and oxygen atoms in total. The summed E-state index contributed by atoms with van der Waals surface area (Å²) in [5.41, 5.74) is 0. The van der Waals surface area contributed by atoms with Crippen molar-refractivity contribution >= 4 is 12.2 Å². The van der Waals surface area contributed by atoms with Crippen molar-refractivity contribution in [2.75, 3.05) is 19.6 Å². The maximum Gasteiger partial charge on any atom is 0.195 e. The Balaban J connectivity index is 2.76. The lowest BCUT2D eigenvalue weighted by molar-refractivity contribution is 0.258. The van der Waals surface area contributed by atoms with Gasteiger partial charge in [0.1, 0.15) is 5.82 Å². The van der Waals surface area contributed by atoms with Crippen LogP contribution >= 0.6 is 12.2 Å². The Bertz CT molecular complexity index is 351. The monoisotopic (exact) mass is 228 g/mol. The van der Waals surface area contributed by atoms with Crippen molar-refractivity contribution in [3.63, 3.8) is 0 Å². The first-order valence-corrected chi connectivity index (χ1v) is 5.86. The molecule has 0 saturated heterocycles. The van der Waals surface area contributed by atoms with E-state index in [0.29, 0.717) is 10.8 Å². The van der Waals surface area contributed by atoms with Crippen LogP contribution in [0.3, 0.4) is 0 Å². The minimum atomic E-state index is 0.371. The Morgan fingerprint density at radius 2 is 2.07 bits per heavy atom. The molecular formula is C10H20N4S. The second-order valence-electron chi connectivity index (χ2n) is 3.78. The second kappa shape index (κ2) is 5.42. The van der Waals surface area contributed by atoms with Gasteiger partial charge in [0.2, 0.25) is 0 Å². The van der Waals surface area contributed by atoms with E-state index in [1.807, 2.05) is 6.92 Å². The first-order chi connectivity index (χ1) is 7.10. The minimum Gasteiger partial charge on any atom is -0.302 e. The lowest BCUT2D eigenvalue weighted by Gasteiger charge is -2.23. The van der Waals surface area contributed by atoms with E-state index in [1.54, 1.807) is 0 Å². The highest BCUT2D eigenvalue weighted by Crippen LogP contribution is 2.10. The minimum absolute atomic E-state index is 0.371. The molecule has 5 heteroatoms. The lowest BCUT2D eigenvalue weighted by Crippen LogP contribution is -2.30. The molecule has 0 aliphatic rings. The van der Waals surface area contributed by atoms with Gasteiger partial charge in [0, 0.05) is 12.6 Å². The van der Waals surface area contributed by atoms with Crippen LogP contribution in [0.2, 0.25) is 0 Å². The predicted octanol–water partition coefficient (Wildman–Crippen LogP) is 2.15. The van der Waals surface area contributed by atoms with Gasteiger partial charge in [0.25, 0.3) is 0 Å². The first kappa shape index (κ1) is 12.4. The summed E-state index contributed by atoms with van der Waals surface area (Å²) in [6.45, 7) is 11.7. The SMILES string of the molecule is CCN(CC)CC(C)n1c(C)n[nH]c1=S. The largest absolute Gasteiger partial charge is 0.302 e. The van der Waals surface area contributed by atoms with Gasteiger partial charge in [0.15, 0.2) is 4.77 Å². The first-order valence-electron chi connectivity index (χ1n) is 5.46. The molecule has 0 spiro atoms. The Hall–Kier alpha value is -0.680. The molecule has 0 amide bonds. The van der Waals surface area contributed by atoms with E-state index in [1.165, 1.54) is 0 Å². The zero-order chi connectivity index (χ0) is 11.4. The Kier molecular flexibility index (Phi) is 4.47. The molecular weight excluding hydrogens is 208 g/mol. The molecule has 15 heavy (non-hydrogen) atoms. The highest BCUT2D eigenvalue weighted by atomic mass is 32.1. The van der Waals surface area contributed by atoms with Gasteiger partial charge in [-0.2, -0.15) is 5.10 Å². The molecule has 0 saturated carbocycles. The van der Waals surface area contributed by atoms with Crippen LogP contribution < -0.4 is 0 Å². The zero-order valence-electron chi connectivity index (χ0n) is 9.95. The van der Waals surface area contributed by atoms with E-state index in [-0.39, 0.29) is 0 Å². The Morgan fingerprint density at radius 1 is 1.47 bits per heavy atom. The average molecular weight is 228 g/mol. The van der Waals surface area contributed by atoms with Crippen LogP contribution in [0.15, 0.2) is 0 Å². The van der Waals surface area contributed by atoms with Gasteiger partial charge in [-0.05, 0) is 39.2 Å². The van der Waals surface area contributed by atoms with Crippen molar-refractivity contribution in [1.82, 2.24) is 19.7 Å². The fourth-order valence-electron chi connectivity index (χ4n) is 1.84. The molecule has 1 aromatic heterocycles. The van der Waals surface area contributed by atoms with Gasteiger partial charge in [-0.25, -0.2) is 0 Å². The predicted molar refractivity (Wildman–Crippen MR) is 64.6 cm³/mol. The number of hydrogen-bond acceptors (Lipinski definition) is 3. The molecule has 0 radical (unpaired) electrons. The summed E-state index contributed by atoms with van der Waals surface area (Å²) in [4.78, 5) is 2.39. The van der Waals surface area contributed by atoms with E-state index >= 15 is 0 Å². The van der Waals surface area contributed by atoms with Crippen LogP contribution in [0.5, 0.6) is 0 Å². The summed E-state index contributed by atoms with van der Waals surface area (Å²) in [7, 11) is 0. The van der Waals surface area contributed by atoms with Gasteiger partial charge in [0.05, 0.1) is 0 Å². The number of aromatic nitrogens is 3. The quantitative estimate of drug-likeness (QED) is 0.785. The normalized spacial score (nSPS) is 13.4. The van der Waals surface area contributed by atoms with Crippen LogP contribution in [0.1, 0.15) is 32.6 Å². The van der Waals surface area contributed by atoms with Crippen molar-refractivity contribution in [2.24, 2.45) is 0 Å². The molecule has 1 N–H and O–H groups in total. The number of likely N-dealkylation sites (N-methyl/N-ethyl adjacent to an activating group) is 1. The molecule has 0 bridgehead atoms. The molecule has 1 heterocycles. The number of nitrogens with one attached hydrogen (secondary N) is 1. The van der Waals surface area contributed by atoms with E-state index in [4.69, 9.17) is 12.2 Å². The van der Waals surface area contributed by atoms with E-state index in [2.05, 4.69) is 40.4 Å². The number of aryl methyl sites for hydroxylation is 1. The second-order valence-corrected chi connectivity index (χ2v) is 4.17. The number of nitrogens with zero attached hydrogens (tertiary/aromatic N) is 3. The van der Waals surface area contributed by atoms with Crippen molar-refractivity contribution in [3.05, 3.63) is 10.6 Å². The van der Waals surface area contributed by atoms with Gasteiger partial charge in [-0.3, -0.25) is 5.10 Å². The van der Waals surface area contributed by atoms with Crippen LogP contribution in [0.25, 0.3) is 0 Å². The number of H-pyrrole nitrogens is 1. The smallest absolute Gasteiger partial charge is 0.195 e. The van der Waals surface area contributed by atoms with E-state index in [0.717, 1.165) is 25.5 Å². The Morgan fingerprint density at radius 3 is 2.47 bits per heavy atom. The maximum atomic E-state index is 5.20. The van der Waals surface area contributed by atoms with Crippen LogP contribution in [0, 0.1) is 11.7 Å². The van der Waals surface area contributed by atoms with Gasteiger partial charge >= 0.3 is 0 Å². The average Bonchev–Trinajstić information content (AvgIpc) is 2.55. The maximum absolute atomic E-state index is 5.20. The van der Waals surface area contributed by atoms with Crippen molar-refractivity contribution < 1.29 is 0 Å². The highest BCUT2D eigenvalue weighted by molar-refractivity contribution is 7.71. The molecule has 1 aromatic rings. The summed E-state index contributed by atoms with van der Waals surface area (Å²) in [6.07, 6.45) is 0. The summed E-state index contributed by atoms with van der Waals surface area (Å²) >= 11 is 5.20. The molecule has 86 valence electrons. The number of rotatable bonds is 5. The van der Waals surface area contributed by atoms with Crippen LogP contribution in [0.4, 0.5) is 0 Å². The molecule has 0 fully saturated rings. The third-order valence-electron chi connectivity index (χ3n) is 2.74.